The minimum atomic E-state index is -0.257. The molecule has 0 bridgehead atoms. The van der Waals surface area contributed by atoms with E-state index in [4.69, 9.17) is 23.2 Å². The fraction of sp³-hybridized carbons (Fsp3) is 0.118. The molecule has 1 heterocycles. The summed E-state index contributed by atoms with van der Waals surface area (Å²) >= 11 is 13.3. The lowest BCUT2D eigenvalue weighted by Gasteiger charge is -2.06. The summed E-state index contributed by atoms with van der Waals surface area (Å²) in [6, 6.07) is 15.0. The third-order valence-electron chi connectivity index (χ3n) is 3.34. The number of halogens is 2. The molecule has 1 saturated heterocycles. The SMILES string of the molecule is O=C1NC(=NN=Cc2ccccc2)SC1Cc1ccc(Cl)c(Cl)c1. The van der Waals surface area contributed by atoms with Crippen LogP contribution in [0.1, 0.15) is 11.1 Å². The van der Waals surface area contributed by atoms with Crippen LogP contribution >= 0.6 is 35.0 Å². The van der Waals surface area contributed by atoms with E-state index in [-0.39, 0.29) is 11.2 Å². The summed E-state index contributed by atoms with van der Waals surface area (Å²) in [7, 11) is 0. The number of benzene rings is 2. The highest BCUT2D eigenvalue weighted by molar-refractivity contribution is 8.15. The van der Waals surface area contributed by atoms with Gasteiger partial charge in [-0.05, 0) is 29.7 Å². The van der Waals surface area contributed by atoms with E-state index in [1.807, 2.05) is 36.4 Å². The molecule has 4 nitrogen and oxygen atoms in total. The van der Waals surface area contributed by atoms with Gasteiger partial charge in [0, 0.05) is 0 Å². The molecule has 1 unspecified atom stereocenters. The Morgan fingerprint density at radius 3 is 2.67 bits per heavy atom. The number of nitrogens with one attached hydrogen (secondary N) is 1. The van der Waals surface area contributed by atoms with E-state index in [1.165, 1.54) is 11.8 Å². The average Bonchev–Trinajstić information content (AvgIpc) is 2.92. The Hall–Kier alpha value is -1.82. The van der Waals surface area contributed by atoms with Gasteiger partial charge in [-0.1, -0.05) is 71.4 Å². The molecule has 3 rings (SSSR count). The highest BCUT2D eigenvalue weighted by atomic mass is 35.5. The van der Waals surface area contributed by atoms with Crippen molar-refractivity contribution < 1.29 is 4.79 Å². The highest BCUT2D eigenvalue weighted by Gasteiger charge is 2.30. The molecule has 7 heteroatoms. The van der Waals surface area contributed by atoms with Gasteiger partial charge in [0.2, 0.25) is 5.91 Å². The molecule has 2 aromatic carbocycles. The van der Waals surface area contributed by atoms with Crippen molar-refractivity contribution in [3.8, 4) is 0 Å². The number of hydrogen-bond acceptors (Lipinski definition) is 4. The van der Waals surface area contributed by atoms with Crippen molar-refractivity contribution >= 4 is 52.3 Å². The summed E-state index contributed by atoms with van der Waals surface area (Å²) in [5.41, 5.74) is 1.90. The van der Waals surface area contributed by atoms with E-state index in [0.717, 1.165) is 11.1 Å². The van der Waals surface area contributed by atoms with Crippen LogP contribution in [0.25, 0.3) is 0 Å². The molecular weight excluding hydrogens is 365 g/mol. The molecule has 1 atom stereocenters. The Bertz CT molecular complexity index is 809. The van der Waals surface area contributed by atoms with Crippen LogP contribution in [0.2, 0.25) is 10.0 Å². The Balaban J connectivity index is 1.63. The van der Waals surface area contributed by atoms with Gasteiger partial charge in [0.25, 0.3) is 0 Å². The zero-order chi connectivity index (χ0) is 16.9. The molecule has 1 fully saturated rings. The normalized spacial score (nSPS) is 19.2. The fourth-order valence-corrected chi connectivity index (χ4v) is 3.44. The highest BCUT2D eigenvalue weighted by Crippen LogP contribution is 2.27. The number of carbonyl (C=O) groups is 1. The number of rotatable bonds is 4. The van der Waals surface area contributed by atoms with E-state index in [2.05, 4.69) is 15.5 Å². The van der Waals surface area contributed by atoms with Gasteiger partial charge in [0.15, 0.2) is 5.17 Å². The molecule has 0 saturated carbocycles. The topological polar surface area (TPSA) is 53.8 Å². The molecule has 24 heavy (non-hydrogen) atoms. The van der Waals surface area contributed by atoms with Crippen molar-refractivity contribution in [1.29, 1.82) is 0 Å². The minimum absolute atomic E-state index is 0.0836. The van der Waals surface area contributed by atoms with Crippen molar-refractivity contribution in [2.24, 2.45) is 10.2 Å². The third-order valence-corrected chi connectivity index (χ3v) is 5.15. The van der Waals surface area contributed by atoms with Crippen molar-refractivity contribution in [3.05, 3.63) is 69.7 Å². The number of amides is 1. The molecule has 122 valence electrons. The molecule has 0 aliphatic carbocycles. The maximum absolute atomic E-state index is 12.1. The zero-order valence-electron chi connectivity index (χ0n) is 12.4. The lowest BCUT2D eigenvalue weighted by atomic mass is 10.1. The first-order valence-corrected chi connectivity index (χ1v) is 8.83. The third kappa shape index (κ3) is 4.38. The summed E-state index contributed by atoms with van der Waals surface area (Å²) in [4.78, 5) is 12.1. The Morgan fingerprint density at radius 1 is 1.12 bits per heavy atom. The quantitative estimate of drug-likeness (QED) is 0.642. The van der Waals surface area contributed by atoms with Gasteiger partial charge in [0.05, 0.1) is 21.5 Å². The first-order valence-electron chi connectivity index (χ1n) is 7.19. The van der Waals surface area contributed by atoms with Gasteiger partial charge in [-0.3, -0.25) is 4.79 Å². The van der Waals surface area contributed by atoms with Crippen LogP contribution in [0.15, 0.2) is 58.7 Å². The number of hydrogen-bond donors (Lipinski definition) is 1. The molecule has 0 aromatic heterocycles. The van der Waals surface area contributed by atoms with E-state index >= 15 is 0 Å². The number of nitrogens with zero attached hydrogens (tertiary/aromatic N) is 2. The molecule has 0 radical (unpaired) electrons. The van der Waals surface area contributed by atoms with Crippen LogP contribution < -0.4 is 5.32 Å². The zero-order valence-corrected chi connectivity index (χ0v) is 14.8. The largest absolute Gasteiger partial charge is 0.303 e. The second-order valence-corrected chi connectivity index (χ2v) is 7.11. The first kappa shape index (κ1) is 17.0. The lowest BCUT2D eigenvalue weighted by molar-refractivity contribution is -0.118. The number of carbonyl (C=O) groups excluding carboxylic acids is 1. The molecule has 1 aliphatic rings. The predicted octanol–water partition coefficient (Wildman–Crippen LogP) is 4.16. The summed E-state index contributed by atoms with van der Waals surface area (Å²) in [5.74, 6) is -0.0836. The van der Waals surface area contributed by atoms with Crippen molar-refractivity contribution in [3.63, 3.8) is 0 Å². The van der Waals surface area contributed by atoms with Gasteiger partial charge in [-0.15, -0.1) is 5.10 Å². The number of amidine groups is 1. The van der Waals surface area contributed by atoms with Crippen LogP contribution in [-0.4, -0.2) is 22.5 Å². The van der Waals surface area contributed by atoms with Crippen LogP contribution in [0.3, 0.4) is 0 Å². The maximum Gasteiger partial charge on any atom is 0.239 e. The van der Waals surface area contributed by atoms with E-state index in [1.54, 1.807) is 18.3 Å². The number of thioether (sulfide) groups is 1. The van der Waals surface area contributed by atoms with E-state index in [0.29, 0.717) is 21.6 Å². The van der Waals surface area contributed by atoms with Crippen molar-refractivity contribution in [2.45, 2.75) is 11.7 Å². The summed E-state index contributed by atoms with van der Waals surface area (Å²) in [5, 5.41) is 12.0. The second kappa shape index (κ2) is 7.83. The van der Waals surface area contributed by atoms with E-state index < -0.39 is 0 Å². The molecule has 1 amide bonds. The Labute approximate surface area is 154 Å². The minimum Gasteiger partial charge on any atom is -0.303 e. The standard InChI is InChI=1S/C17H13Cl2N3OS/c18-13-7-6-12(8-14(13)19)9-15-16(23)21-17(24-15)22-20-10-11-4-2-1-3-5-11/h1-8,10,15H,9H2,(H,21,22,23). The van der Waals surface area contributed by atoms with Gasteiger partial charge < -0.3 is 5.32 Å². The van der Waals surface area contributed by atoms with Crippen LogP contribution in [0.4, 0.5) is 0 Å². The van der Waals surface area contributed by atoms with E-state index in [9.17, 15) is 4.79 Å². The summed E-state index contributed by atoms with van der Waals surface area (Å²) < 4.78 is 0. The monoisotopic (exact) mass is 377 g/mol. The average molecular weight is 378 g/mol. The van der Waals surface area contributed by atoms with Gasteiger partial charge in [0.1, 0.15) is 0 Å². The maximum atomic E-state index is 12.1. The smallest absolute Gasteiger partial charge is 0.239 e. The van der Waals surface area contributed by atoms with Crippen LogP contribution in [0, 0.1) is 0 Å². The second-order valence-electron chi connectivity index (χ2n) is 5.11. The van der Waals surface area contributed by atoms with Crippen LogP contribution in [-0.2, 0) is 11.2 Å². The van der Waals surface area contributed by atoms with Crippen LogP contribution in [0.5, 0.6) is 0 Å². The lowest BCUT2D eigenvalue weighted by Crippen LogP contribution is -2.25. The first-order chi connectivity index (χ1) is 11.6. The fourth-order valence-electron chi connectivity index (χ4n) is 2.15. The van der Waals surface area contributed by atoms with Gasteiger partial charge in [-0.25, -0.2) is 0 Å². The summed E-state index contributed by atoms with van der Waals surface area (Å²) in [6.07, 6.45) is 2.20. The molecule has 1 aliphatic heterocycles. The molecular formula is C17H13Cl2N3OS. The molecule has 0 spiro atoms. The molecule has 2 aromatic rings. The van der Waals surface area contributed by atoms with Crippen molar-refractivity contribution in [2.75, 3.05) is 0 Å². The van der Waals surface area contributed by atoms with Crippen molar-refractivity contribution in [1.82, 2.24) is 5.32 Å². The van der Waals surface area contributed by atoms with Gasteiger partial charge in [-0.2, -0.15) is 5.10 Å². The summed E-state index contributed by atoms with van der Waals surface area (Å²) in [6.45, 7) is 0. The Kier molecular flexibility index (Phi) is 5.56. The Morgan fingerprint density at radius 2 is 1.92 bits per heavy atom. The van der Waals surface area contributed by atoms with Gasteiger partial charge >= 0.3 is 0 Å². The molecule has 1 N–H and O–H groups in total. The predicted molar refractivity (Wildman–Crippen MR) is 101 cm³/mol.